The molecule has 0 bridgehead atoms. The van der Waals surface area contributed by atoms with Crippen LogP contribution in [0.2, 0.25) is 0 Å². The molecule has 0 aromatic rings. The van der Waals surface area contributed by atoms with Crippen molar-refractivity contribution in [2.24, 2.45) is 0 Å². The lowest BCUT2D eigenvalue weighted by atomic mass is 10.1. The lowest BCUT2D eigenvalue weighted by Gasteiger charge is -1.99. The average molecular weight is 303 g/mol. The number of alkyl halides is 1. The van der Waals surface area contributed by atoms with Gasteiger partial charge in [0.15, 0.2) is 0 Å². The molecule has 0 fully saturated rings. The maximum absolute atomic E-state index is 3.46. The van der Waals surface area contributed by atoms with Gasteiger partial charge in [-0.25, -0.2) is 0 Å². The Bertz CT molecular complexity index is 152. The van der Waals surface area contributed by atoms with Crippen LogP contribution >= 0.6 is 15.9 Å². The van der Waals surface area contributed by atoms with Crippen molar-refractivity contribution in [2.45, 2.75) is 84.0 Å². The average Bonchev–Trinajstić information content (AvgIpc) is 2.35. The van der Waals surface area contributed by atoms with Crippen LogP contribution in [0.5, 0.6) is 0 Å². The Morgan fingerprint density at radius 2 is 1.12 bits per heavy atom. The van der Waals surface area contributed by atoms with Crippen LogP contribution in [0.25, 0.3) is 0 Å². The highest BCUT2D eigenvalue weighted by molar-refractivity contribution is 9.09. The van der Waals surface area contributed by atoms with Crippen LogP contribution in [0.3, 0.4) is 0 Å². The van der Waals surface area contributed by atoms with Gasteiger partial charge >= 0.3 is 0 Å². The van der Waals surface area contributed by atoms with Crippen LogP contribution in [0.1, 0.15) is 84.0 Å². The van der Waals surface area contributed by atoms with Crippen molar-refractivity contribution in [3.63, 3.8) is 0 Å². The van der Waals surface area contributed by atoms with E-state index in [0.717, 1.165) is 5.33 Å². The normalized spacial score (nSPS) is 11.4. The minimum atomic E-state index is 1.15. The summed E-state index contributed by atoms with van der Waals surface area (Å²) in [4.78, 5) is 0. The highest BCUT2D eigenvalue weighted by atomic mass is 79.9. The smallest absolute Gasteiger partial charge is 0.00314 e. The molecule has 0 spiro atoms. The molecule has 0 aliphatic carbocycles. The molecule has 102 valence electrons. The fourth-order valence-electron chi connectivity index (χ4n) is 1.99. The van der Waals surface area contributed by atoms with Crippen LogP contribution in [0.4, 0.5) is 0 Å². The number of allylic oxidation sites excluding steroid dienone is 2. The minimum Gasteiger partial charge on any atom is -0.0928 e. The summed E-state index contributed by atoms with van der Waals surface area (Å²) in [6, 6.07) is 0. The van der Waals surface area contributed by atoms with E-state index < -0.39 is 0 Å². The van der Waals surface area contributed by atoms with Crippen molar-refractivity contribution in [3.05, 3.63) is 12.2 Å². The Balaban J connectivity index is 2.97. The monoisotopic (exact) mass is 302 g/mol. The molecule has 0 aliphatic rings. The molecule has 0 rings (SSSR count). The van der Waals surface area contributed by atoms with Crippen LogP contribution in [-0.4, -0.2) is 5.33 Å². The zero-order valence-electron chi connectivity index (χ0n) is 11.7. The third-order valence-electron chi connectivity index (χ3n) is 3.15. The second-order valence-corrected chi connectivity index (χ2v) is 5.71. The number of halogens is 1. The standard InChI is InChI=1S/C16H31Br/c1-2-3-4-5-6-7-8-9-10-11-12-13-14-15-16-17/h11-12H,2-10,13-16H2,1H3/b12-11-. The molecule has 0 saturated carbocycles. The Morgan fingerprint density at radius 3 is 1.65 bits per heavy atom. The van der Waals surface area contributed by atoms with Crippen molar-refractivity contribution in [1.29, 1.82) is 0 Å². The maximum atomic E-state index is 3.46. The molecule has 17 heavy (non-hydrogen) atoms. The Morgan fingerprint density at radius 1 is 0.647 bits per heavy atom. The first kappa shape index (κ1) is 17.2. The predicted octanol–water partition coefficient (Wildman–Crippen LogP) is 6.64. The van der Waals surface area contributed by atoms with Gasteiger partial charge in [-0.1, -0.05) is 80.0 Å². The molecule has 0 heterocycles. The van der Waals surface area contributed by atoms with E-state index in [1.165, 1.54) is 77.0 Å². The van der Waals surface area contributed by atoms with Crippen molar-refractivity contribution in [2.75, 3.05) is 5.33 Å². The van der Waals surface area contributed by atoms with E-state index in [4.69, 9.17) is 0 Å². The first-order valence-corrected chi connectivity index (χ1v) is 8.75. The van der Waals surface area contributed by atoms with Crippen LogP contribution in [0.15, 0.2) is 12.2 Å². The molecule has 0 aromatic heterocycles. The fourth-order valence-corrected chi connectivity index (χ4v) is 2.38. The predicted molar refractivity (Wildman–Crippen MR) is 84.0 cm³/mol. The number of unbranched alkanes of at least 4 members (excludes halogenated alkanes) is 10. The Hall–Kier alpha value is 0.220. The molecule has 0 unspecified atom stereocenters. The Labute approximate surface area is 117 Å². The molecular formula is C16H31Br. The van der Waals surface area contributed by atoms with Crippen molar-refractivity contribution in [1.82, 2.24) is 0 Å². The van der Waals surface area contributed by atoms with Crippen LogP contribution < -0.4 is 0 Å². The molecule has 0 N–H and O–H groups in total. The molecule has 0 nitrogen and oxygen atoms in total. The molecule has 0 atom stereocenters. The quantitative estimate of drug-likeness (QED) is 0.203. The molecule has 0 saturated heterocycles. The van der Waals surface area contributed by atoms with Gasteiger partial charge < -0.3 is 0 Å². The summed E-state index contributed by atoms with van der Waals surface area (Å²) in [7, 11) is 0. The third kappa shape index (κ3) is 16.2. The van der Waals surface area contributed by atoms with Crippen LogP contribution in [-0.2, 0) is 0 Å². The van der Waals surface area contributed by atoms with Gasteiger partial charge in [-0.3, -0.25) is 0 Å². The van der Waals surface area contributed by atoms with Gasteiger partial charge in [-0.2, -0.15) is 0 Å². The third-order valence-corrected chi connectivity index (χ3v) is 3.71. The van der Waals surface area contributed by atoms with Crippen molar-refractivity contribution >= 4 is 15.9 Å². The number of hydrogen-bond acceptors (Lipinski definition) is 0. The van der Waals surface area contributed by atoms with Gasteiger partial charge in [-0.05, 0) is 32.1 Å². The van der Waals surface area contributed by atoms with Gasteiger partial charge in [0, 0.05) is 5.33 Å². The summed E-state index contributed by atoms with van der Waals surface area (Å²) in [6.45, 7) is 2.28. The molecule has 0 aromatic carbocycles. The largest absolute Gasteiger partial charge is 0.0928 e. The van der Waals surface area contributed by atoms with Gasteiger partial charge in [0.05, 0.1) is 0 Å². The summed E-state index contributed by atoms with van der Waals surface area (Å²) in [6.07, 6.45) is 21.4. The minimum absolute atomic E-state index is 1.15. The maximum Gasteiger partial charge on any atom is 0.00314 e. The SMILES string of the molecule is CCCCCCCCCC/C=C\CCCCBr. The highest BCUT2D eigenvalue weighted by Gasteiger charge is 1.90. The van der Waals surface area contributed by atoms with E-state index in [1.54, 1.807) is 0 Å². The van der Waals surface area contributed by atoms with Gasteiger partial charge in [0.25, 0.3) is 0 Å². The summed E-state index contributed by atoms with van der Waals surface area (Å²) >= 11 is 3.46. The molecule has 0 aliphatic heterocycles. The van der Waals surface area contributed by atoms with Crippen LogP contribution in [0, 0.1) is 0 Å². The van der Waals surface area contributed by atoms with Crippen molar-refractivity contribution in [3.8, 4) is 0 Å². The summed E-state index contributed by atoms with van der Waals surface area (Å²) in [5.41, 5.74) is 0. The Kier molecular flexibility index (Phi) is 16.4. The van der Waals surface area contributed by atoms with E-state index in [2.05, 4.69) is 35.0 Å². The lowest BCUT2D eigenvalue weighted by Crippen LogP contribution is -1.80. The highest BCUT2D eigenvalue weighted by Crippen LogP contribution is 2.10. The zero-order valence-corrected chi connectivity index (χ0v) is 13.3. The van der Waals surface area contributed by atoms with E-state index in [9.17, 15) is 0 Å². The topological polar surface area (TPSA) is 0 Å². The summed E-state index contributed by atoms with van der Waals surface area (Å²) < 4.78 is 0. The van der Waals surface area contributed by atoms with Crippen molar-refractivity contribution < 1.29 is 0 Å². The lowest BCUT2D eigenvalue weighted by molar-refractivity contribution is 0.577. The second kappa shape index (κ2) is 16.2. The van der Waals surface area contributed by atoms with Gasteiger partial charge in [0.2, 0.25) is 0 Å². The second-order valence-electron chi connectivity index (χ2n) is 4.92. The molecule has 0 amide bonds. The summed E-state index contributed by atoms with van der Waals surface area (Å²) in [5, 5.41) is 1.15. The van der Waals surface area contributed by atoms with Gasteiger partial charge in [-0.15, -0.1) is 0 Å². The number of hydrogen-bond donors (Lipinski definition) is 0. The molecule has 1 heteroatoms. The first-order chi connectivity index (χ1) is 8.41. The van der Waals surface area contributed by atoms with E-state index in [-0.39, 0.29) is 0 Å². The fraction of sp³-hybridized carbons (Fsp3) is 0.875. The van der Waals surface area contributed by atoms with E-state index in [0.29, 0.717) is 0 Å². The van der Waals surface area contributed by atoms with Gasteiger partial charge in [0.1, 0.15) is 0 Å². The molecular weight excluding hydrogens is 272 g/mol. The van der Waals surface area contributed by atoms with E-state index in [1.807, 2.05) is 0 Å². The van der Waals surface area contributed by atoms with E-state index >= 15 is 0 Å². The number of rotatable bonds is 13. The summed E-state index contributed by atoms with van der Waals surface area (Å²) in [5.74, 6) is 0. The molecule has 0 radical (unpaired) electrons. The first-order valence-electron chi connectivity index (χ1n) is 7.62. The zero-order chi connectivity index (χ0) is 12.6.